The van der Waals surface area contributed by atoms with Crippen LogP contribution in [-0.4, -0.2) is 11.4 Å². The maximum absolute atomic E-state index is 11.4. The minimum Gasteiger partial charge on any atom is -0.333 e. The first-order valence-corrected chi connectivity index (χ1v) is 5.34. The van der Waals surface area contributed by atoms with Gasteiger partial charge in [-0.25, -0.2) is 0 Å². The fraction of sp³-hybridized carbons (Fsp3) is 0.385. The van der Waals surface area contributed by atoms with E-state index in [1.165, 1.54) is 0 Å². The molecule has 2 heteroatoms. The zero-order valence-electron chi connectivity index (χ0n) is 9.44. The van der Waals surface area contributed by atoms with E-state index in [-0.39, 0.29) is 11.9 Å². The first-order valence-electron chi connectivity index (χ1n) is 5.34. The van der Waals surface area contributed by atoms with Crippen molar-refractivity contribution in [3.8, 4) is 0 Å². The summed E-state index contributed by atoms with van der Waals surface area (Å²) >= 11 is 0. The van der Waals surface area contributed by atoms with E-state index in [2.05, 4.69) is 13.5 Å². The van der Waals surface area contributed by atoms with E-state index in [9.17, 15) is 5.11 Å². The topological polar surface area (TPSA) is 23.1 Å². The van der Waals surface area contributed by atoms with E-state index in [1.807, 2.05) is 37.3 Å². The maximum atomic E-state index is 11.4. The Morgan fingerprint density at radius 2 is 2.00 bits per heavy atom. The van der Waals surface area contributed by atoms with E-state index < -0.39 is 0 Å². The Bertz CT molecular complexity index is 308. The molecule has 0 amide bonds. The molecule has 0 aliphatic heterocycles. The second-order valence-corrected chi connectivity index (χ2v) is 3.67. The van der Waals surface area contributed by atoms with Crippen LogP contribution in [0.15, 0.2) is 42.8 Å². The van der Waals surface area contributed by atoms with Crippen LogP contribution in [0, 0.1) is 0 Å². The zero-order valence-corrected chi connectivity index (χ0v) is 9.44. The van der Waals surface area contributed by atoms with Crippen LogP contribution in [-0.2, 0) is 5.11 Å². The normalized spacial score (nSPS) is 12.1. The van der Waals surface area contributed by atoms with Crippen molar-refractivity contribution in [2.24, 2.45) is 0 Å². The maximum Gasteiger partial charge on any atom is 0.239 e. The van der Waals surface area contributed by atoms with Gasteiger partial charge in [0.15, 0.2) is 0 Å². The van der Waals surface area contributed by atoms with Crippen molar-refractivity contribution in [2.75, 3.05) is 6.54 Å². The average molecular weight is 204 g/mol. The monoisotopic (exact) mass is 204 g/mol. The first kappa shape index (κ1) is 11.6. The molecule has 1 aromatic carbocycles. The van der Waals surface area contributed by atoms with Crippen LogP contribution in [0.2, 0.25) is 0 Å². The van der Waals surface area contributed by atoms with Gasteiger partial charge < -0.3 is 4.90 Å². The lowest BCUT2D eigenvalue weighted by Crippen LogP contribution is -2.26. The van der Waals surface area contributed by atoms with Crippen molar-refractivity contribution >= 4 is 0 Å². The summed E-state index contributed by atoms with van der Waals surface area (Å²) in [6, 6.07) is 10.1. The average Bonchev–Trinajstić information content (AvgIpc) is 2.26. The smallest absolute Gasteiger partial charge is 0.239 e. The highest BCUT2D eigenvalue weighted by Gasteiger charge is 2.16. The highest BCUT2D eigenvalue weighted by Crippen LogP contribution is 2.22. The Hall–Kier alpha value is -1.44. The summed E-state index contributed by atoms with van der Waals surface area (Å²) in [6.45, 7) is 8.35. The van der Waals surface area contributed by atoms with E-state index in [1.54, 1.807) is 4.90 Å². The molecule has 0 heterocycles. The van der Waals surface area contributed by atoms with Crippen LogP contribution in [0.3, 0.4) is 0 Å². The minimum atomic E-state index is -0.104. The van der Waals surface area contributed by atoms with Crippen LogP contribution >= 0.6 is 0 Å². The molecule has 0 aliphatic carbocycles. The molecule has 1 aromatic rings. The predicted octanol–water partition coefficient (Wildman–Crippen LogP) is 3.36. The number of hydrogen-bond acceptors (Lipinski definition) is 1. The third kappa shape index (κ3) is 3.01. The quantitative estimate of drug-likeness (QED) is 0.674. The molecule has 2 nitrogen and oxygen atoms in total. The largest absolute Gasteiger partial charge is 0.333 e. The lowest BCUT2D eigenvalue weighted by Gasteiger charge is -2.28. The molecule has 0 unspecified atom stereocenters. The van der Waals surface area contributed by atoms with Crippen molar-refractivity contribution in [2.45, 2.75) is 26.3 Å². The second-order valence-electron chi connectivity index (χ2n) is 3.67. The molecule has 0 aliphatic rings. The highest BCUT2D eigenvalue weighted by atomic mass is 16.3. The van der Waals surface area contributed by atoms with Gasteiger partial charge in [-0.05, 0) is 25.5 Å². The molecule has 0 fully saturated rings. The third-order valence-corrected chi connectivity index (χ3v) is 2.53. The first-order chi connectivity index (χ1) is 7.16. The standard InChI is InChI=1S/C13H18NO/c1-4-10-14(12(3)15)11(2)13-8-6-5-7-9-13/h5-9,11H,3-4,10H2,1-2H3/t11-/m0/s1. The van der Waals surface area contributed by atoms with Crippen molar-refractivity contribution in [3.05, 3.63) is 48.4 Å². The minimum absolute atomic E-state index is 0.104. The summed E-state index contributed by atoms with van der Waals surface area (Å²) in [6.07, 6.45) is 0.957. The van der Waals surface area contributed by atoms with Crippen LogP contribution in [0.1, 0.15) is 31.9 Å². The Labute approximate surface area is 91.9 Å². The number of nitrogens with zero attached hydrogens (tertiary/aromatic N) is 1. The summed E-state index contributed by atoms with van der Waals surface area (Å²) in [7, 11) is 0. The summed E-state index contributed by atoms with van der Waals surface area (Å²) < 4.78 is 0. The SMILES string of the molecule is C=C([O])N(CCC)[C@@H](C)c1ccccc1. The van der Waals surface area contributed by atoms with Gasteiger partial charge in [0, 0.05) is 6.54 Å². The van der Waals surface area contributed by atoms with E-state index in [4.69, 9.17) is 0 Å². The van der Waals surface area contributed by atoms with Gasteiger partial charge >= 0.3 is 0 Å². The molecule has 81 valence electrons. The Morgan fingerprint density at radius 1 is 1.40 bits per heavy atom. The number of benzene rings is 1. The highest BCUT2D eigenvalue weighted by molar-refractivity contribution is 5.19. The Morgan fingerprint density at radius 3 is 2.47 bits per heavy atom. The second kappa shape index (κ2) is 5.44. The van der Waals surface area contributed by atoms with E-state index in [0.717, 1.165) is 18.5 Å². The van der Waals surface area contributed by atoms with Crippen LogP contribution in [0.4, 0.5) is 0 Å². The molecule has 0 aromatic heterocycles. The zero-order chi connectivity index (χ0) is 11.3. The molecule has 1 rings (SSSR count). The predicted molar refractivity (Wildman–Crippen MR) is 61.7 cm³/mol. The van der Waals surface area contributed by atoms with E-state index >= 15 is 0 Å². The van der Waals surface area contributed by atoms with Crippen molar-refractivity contribution in [3.63, 3.8) is 0 Å². The molecular weight excluding hydrogens is 186 g/mol. The summed E-state index contributed by atoms with van der Waals surface area (Å²) in [4.78, 5) is 1.80. The van der Waals surface area contributed by atoms with Gasteiger partial charge in [-0.3, -0.25) is 5.11 Å². The fourth-order valence-corrected chi connectivity index (χ4v) is 1.69. The summed E-state index contributed by atoms with van der Waals surface area (Å²) in [5, 5.41) is 11.4. The van der Waals surface area contributed by atoms with Crippen molar-refractivity contribution < 1.29 is 5.11 Å². The Balaban J connectivity index is 2.81. The van der Waals surface area contributed by atoms with Gasteiger partial charge in [-0.15, -0.1) is 0 Å². The van der Waals surface area contributed by atoms with Crippen LogP contribution in [0.25, 0.3) is 0 Å². The molecule has 15 heavy (non-hydrogen) atoms. The molecule has 0 spiro atoms. The van der Waals surface area contributed by atoms with Crippen LogP contribution < -0.4 is 0 Å². The molecular formula is C13H18NO. The van der Waals surface area contributed by atoms with Gasteiger partial charge in [-0.1, -0.05) is 37.3 Å². The van der Waals surface area contributed by atoms with Crippen molar-refractivity contribution in [1.29, 1.82) is 0 Å². The Kier molecular flexibility index (Phi) is 4.22. The lowest BCUT2D eigenvalue weighted by molar-refractivity contribution is 0.117. The molecule has 0 bridgehead atoms. The fourth-order valence-electron chi connectivity index (χ4n) is 1.69. The molecule has 1 radical (unpaired) electrons. The van der Waals surface area contributed by atoms with Crippen LogP contribution in [0.5, 0.6) is 0 Å². The number of hydrogen-bond donors (Lipinski definition) is 0. The molecule has 1 atom stereocenters. The summed E-state index contributed by atoms with van der Waals surface area (Å²) in [5.74, 6) is -0.104. The van der Waals surface area contributed by atoms with Gasteiger partial charge in [0.25, 0.3) is 0 Å². The van der Waals surface area contributed by atoms with Gasteiger partial charge in [0.1, 0.15) is 0 Å². The molecule has 0 saturated carbocycles. The van der Waals surface area contributed by atoms with Gasteiger partial charge in [0.2, 0.25) is 5.88 Å². The van der Waals surface area contributed by atoms with Gasteiger partial charge in [-0.2, -0.15) is 0 Å². The number of rotatable bonds is 5. The van der Waals surface area contributed by atoms with E-state index in [0.29, 0.717) is 0 Å². The molecule has 0 saturated heterocycles. The lowest BCUT2D eigenvalue weighted by atomic mass is 10.1. The van der Waals surface area contributed by atoms with Crippen molar-refractivity contribution in [1.82, 2.24) is 4.90 Å². The molecule has 0 N–H and O–H groups in total. The van der Waals surface area contributed by atoms with Gasteiger partial charge in [0.05, 0.1) is 6.04 Å². The summed E-state index contributed by atoms with van der Waals surface area (Å²) in [5.41, 5.74) is 1.16. The third-order valence-electron chi connectivity index (χ3n) is 2.53.